The Labute approximate surface area is 198 Å². The fourth-order valence-corrected chi connectivity index (χ4v) is 4.23. The summed E-state index contributed by atoms with van der Waals surface area (Å²) in [5.41, 5.74) is 3.94. The predicted molar refractivity (Wildman–Crippen MR) is 129 cm³/mol. The van der Waals surface area contributed by atoms with Crippen molar-refractivity contribution < 1.29 is 14.3 Å². The molecule has 3 aromatic rings. The van der Waals surface area contributed by atoms with Gasteiger partial charge in [-0.1, -0.05) is 29.8 Å². The minimum absolute atomic E-state index is 0.0483. The van der Waals surface area contributed by atoms with Crippen molar-refractivity contribution in [1.82, 2.24) is 4.90 Å². The van der Waals surface area contributed by atoms with Crippen molar-refractivity contribution in [3.63, 3.8) is 0 Å². The van der Waals surface area contributed by atoms with Crippen molar-refractivity contribution >= 4 is 29.1 Å². The zero-order chi connectivity index (χ0) is 23.5. The molecule has 4 rings (SSSR count). The fourth-order valence-electron chi connectivity index (χ4n) is 4.11. The van der Waals surface area contributed by atoms with Crippen LogP contribution in [-0.4, -0.2) is 29.8 Å². The second-order valence-electron chi connectivity index (χ2n) is 8.49. The van der Waals surface area contributed by atoms with E-state index in [0.29, 0.717) is 40.7 Å². The number of anilines is 1. The Hall–Kier alpha value is -3.38. The predicted octanol–water partition coefficient (Wildman–Crippen LogP) is 4.86. The Bertz CT molecular complexity index is 1190. The minimum Gasteiger partial charge on any atom is -0.618 e. The molecule has 1 fully saturated rings. The number of likely N-dealkylation sites (tertiary alicyclic amines) is 1. The average Bonchev–Trinajstić information content (AvgIpc) is 2.82. The molecule has 1 aromatic heterocycles. The Morgan fingerprint density at radius 2 is 1.67 bits per heavy atom. The number of pyridine rings is 1. The van der Waals surface area contributed by atoms with Gasteiger partial charge in [-0.15, -0.1) is 0 Å². The lowest BCUT2D eigenvalue weighted by Crippen LogP contribution is -2.38. The molecule has 7 heteroatoms. The topological polar surface area (TPSA) is 76.4 Å². The normalized spacial score (nSPS) is 14.2. The van der Waals surface area contributed by atoms with Gasteiger partial charge in [-0.3, -0.25) is 9.59 Å². The lowest BCUT2D eigenvalue weighted by Gasteiger charge is -2.32. The van der Waals surface area contributed by atoms with Crippen LogP contribution in [-0.2, 0) is 0 Å². The minimum atomic E-state index is -0.393. The molecule has 2 heterocycles. The van der Waals surface area contributed by atoms with Gasteiger partial charge in [-0.05, 0) is 67.1 Å². The molecule has 0 atom stereocenters. The fraction of sp³-hybridized carbons (Fsp3) is 0.269. The maximum absolute atomic E-state index is 13.1. The molecule has 1 aliphatic rings. The van der Waals surface area contributed by atoms with Gasteiger partial charge in [0.05, 0.1) is 0 Å². The van der Waals surface area contributed by atoms with E-state index in [9.17, 15) is 14.8 Å². The number of hydrogen-bond donors (Lipinski definition) is 1. The van der Waals surface area contributed by atoms with Gasteiger partial charge in [0, 0.05) is 42.4 Å². The van der Waals surface area contributed by atoms with Crippen LogP contribution in [0.2, 0.25) is 5.02 Å². The van der Waals surface area contributed by atoms with Crippen LogP contribution in [0, 0.1) is 19.1 Å². The monoisotopic (exact) mass is 463 g/mol. The summed E-state index contributed by atoms with van der Waals surface area (Å²) in [6.45, 7) is 4.89. The highest BCUT2D eigenvalue weighted by Gasteiger charge is 2.25. The molecule has 0 unspecified atom stereocenters. The molecule has 0 aliphatic carbocycles. The first-order valence-electron chi connectivity index (χ1n) is 11.0. The van der Waals surface area contributed by atoms with Crippen molar-refractivity contribution in [2.75, 3.05) is 18.4 Å². The third-order valence-electron chi connectivity index (χ3n) is 6.23. The highest BCUT2D eigenvalue weighted by molar-refractivity contribution is 6.30. The number of halogens is 1. The summed E-state index contributed by atoms with van der Waals surface area (Å²) >= 11 is 5.99. The van der Waals surface area contributed by atoms with Crippen LogP contribution in [0.3, 0.4) is 0 Å². The molecule has 170 valence electrons. The molecule has 0 spiro atoms. The van der Waals surface area contributed by atoms with Crippen molar-refractivity contribution in [1.29, 1.82) is 0 Å². The summed E-state index contributed by atoms with van der Waals surface area (Å²) < 4.78 is 0.662. The molecule has 2 aromatic carbocycles. The van der Waals surface area contributed by atoms with Gasteiger partial charge < -0.3 is 15.4 Å². The highest BCUT2D eigenvalue weighted by atomic mass is 35.5. The van der Waals surface area contributed by atoms with Crippen LogP contribution in [0.1, 0.15) is 56.3 Å². The molecule has 2 amide bonds. The van der Waals surface area contributed by atoms with Crippen LogP contribution < -0.4 is 10.0 Å². The van der Waals surface area contributed by atoms with Gasteiger partial charge in [0.25, 0.3) is 11.8 Å². The second kappa shape index (κ2) is 9.63. The summed E-state index contributed by atoms with van der Waals surface area (Å²) in [5, 5.41) is 15.3. The Morgan fingerprint density at radius 1 is 1.00 bits per heavy atom. The lowest BCUT2D eigenvalue weighted by molar-refractivity contribution is -0.612. The van der Waals surface area contributed by atoms with Crippen LogP contribution in [0.5, 0.6) is 0 Å². The van der Waals surface area contributed by atoms with E-state index >= 15 is 0 Å². The number of nitrogens with zero attached hydrogens (tertiary/aromatic N) is 2. The lowest BCUT2D eigenvalue weighted by atomic mass is 9.89. The largest absolute Gasteiger partial charge is 0.618 e. The number of carbonyl (C=O) groups is 2. The summed E-state index contributed by atoms with van der Waals surface area (Å²) in [5.74, 6) is -0.0265. The first-order chi connectivity index (χ1) is 15.8. The van der Waals surface area contributed by atoms with E-state index in [2.05, 4.69) is 17.4 Å². The van der Waals surface area contributed by atoms with E-state index in [1.54, 1.807) is 31.2 Å². The quantitative estimate of drug-likeness (QED) is 0.443. The molecule has 0 saturated carbocycles. The van der Waals surface area contributed by atoms with Crippen molar-refractivity contribution in [3.05, 3.63) is 99.0 Å². The van der Waals surface area contributed by atoms with Crippen LogP contribution in [0.4, 0.5) is 5.69 Å². The molecule has 6 nitrogen and oxygen atoms in total. The molecular formula is C26H26ClN3O3. The average molecular weight is 464 g/mol. The van der Waals surface area contributed by atoms with Crippen LogP contribution in [0.15, 0.2) is 60.8 Å². The number of rotatable bonds is 4. The third kappa shape index (κ3) is 5.17. The number of aromatic nitrogens is 1. The van der Waals surface area contributed by atoms with Gasteiger partial charge in [0.2, 0.25) is 0 Å². The smallest absolute Gasteiger partial charge is 0.261 e. The molecule has 1 N–H and O–H groups in total. The molecule has 33 heavy (non-hydrogen) atoms. The van der Waals surface area contributed by atoms with E-state index in [4.69, 9.17) is 11.6 Å². The number of benzene rings is 2. The van der Waals surface area contributed by atoms with E-state index in [1.165, 1.54) is 11.8 Å². The van der Waals surface area contributed by atoms with E-state index in [1.807, 2.05) is 30.0 Å². The zero-order valence-electron chi connectivity index (χ0n) is 18.7. The maximum Gasteiger partial charge on any atom is 0.261 e. The second-order valence-corrected chi connectivity index (χ2v) is 8.92. The standard InChI is InChI=1S/C26H26ClN3O3/c1-17-3-5-21(15-24(17)28-25(31)22-6-4-18(2)30(33)16-22)26(32)29-13-11-20(12-14-29)19-7-9-23(27)10-8-19/h3-10,15-16,20H,11-14H2,1-2H3,(H,28,31). The molecule has 1 aliphatic heterocycles. The molecule has 1 saturated heterocycles. The summed E-state index contributed by atoms with van der Waals surface area (Å²) in [6, 6.07) is 16.5. The third-order valence-corrected chi connectivity index (χ3v) is 6.48. The van der Waals surface area contributed by atoms with Gasteiger partial charge in [-0.25, -0.2) is 0 Å². The van der Waals surface area contributed by atoms with E-state index in [-0.39, 0.29) is 11.5 Å². The van der Waals surface area contributed by atoms with E-state index < -0.39 is 5.91 Å². The van der Waals surface area contributed by atoms with Crippen molar-refractivity contribution in [2.45, 2.75) is 32.6 Å². The maximum atomic E-state index is 13.1. The van der Waals surface area contributed by atoms with Crippen molar-refractivity contribution in [3.8, 4) is 0 Å². The molecule has 0 radical (unpaired) electrons. The molecular weight excluding hydrogens is 438 g/mol. The van der Waals surface area contributed by atoms with Crippen molar-refractivity contribution in [2.24, 2.45) is 0 Å². The zero-order valence-corrected chi connectivity index (χ0v) is 19.4. The SMILES string of the molecule is Cc1ccc(C(=O)N2CCC(c3ccc(Cl)cc3)CC2)cc1NC(=O)c1ccc(C)[n+]([O-])c1. The first kappa shape index (κ1) is 22.8. The number of aryl methyl sites for hydroxylation is 2. The summed E-state index contributed by atoms with van der Waals surface area (Å²) in [6.07, 6.45) is 3.04. The Balaban J connectivity index is 1.43. The van der Waals surface area contributed by atoms with E-state index in [0.717, 1.165) is 23.4 Å². The van der Waals surface area contributed by atoms with Gasteiger partial charge in [-0.2, -0.15) is 4.73 Å². The Kier molecular flexibility index (Phi) is 6.65. The highest BCUT2D eigenvalue weighted by Crippen LogP contribution is 2.30. The first-order valence-corrected chi connectivity index (χ1v) is 11.4. The van der Waals surface area contributed by atoms with Gasteiger partial charge in [0.15, 0.2) is 11.9 Å². The number of nitrogens with one attached hydrogen (secondary N) is 1. The number of hydrogen-bond acceptors (Lipinski definition) is 3. The summed E-state index contributed by atoms with van der Waals surface area (Å²) in [7, 11) is 0. The number of carbonyl (C=O) groups excluding carboxylic acids is 2. The van der Waals surface area contributed by atoms with Crippen LogP contribution >= 0.6 is 11.6 Å². The number of piperidine rings is 1. The van der Waals surface area contributed by atoms with Crippen LogP contribution in [0.25, 0.3) is 0 Å². The Morgan fingerprint density at radius 3 is 2.33 bits per heavy atom. The molecule has 0 bridgehead atoms. The number of amides is 2. The van der Waals surface area contributed by atoms with Gasteiger partial charge in [0.1, 0.15) is 5.56 Å². The van der Waals surface area contributed by atoms with Gasteiger partial charge >= 0.3 is 0 Å². The summed E-state index contributed by atoms with van der Waals surface area (Å²) in [4.78, 5) is 27.6.